The molecule has 100 valence electrons. The molecule has 0 radical (unpaired) electrons. The van der Waals surface area contributed by atoms with Gasteiger partial charge in [-0.15, -0.1) is 0 Å². The number of nitrogens with one attached hydrogen (secondary N) is 1. The number of para-hydroxylation sites is 2. The second-order valence-corrected chi connectivity index (χ2v) is 5.21. The number of anilines is 1. The van der Waals surface area contributed by atoms with E-state index in [2.05, 4.69) is 46.6 Å². The van der Waals surface area contributed by atoms with Crippen LogP contribution in [0.3, 0.4) is 0 Å². The molecule has 1 N–H and O–H groups in total. The quantitative estimate of drug-likeness (QED) is 0.915. The van der Waals surface area contributed by atoms with Crippen molar-refractivity contribution in [1.29, 1.82) is 0 Å². The van der Waals surface area contributed by atoms with Gasteiger partial charge in [-0.1, -0.05) is 12.1 Å². The molecule has 3 rings (SSSR count). The number of hydrogen-bond donors (Lipinski definition) is 1. The minimum Gasteiger partial charge on any atom is -0.379 e. The van der Waals surface area contributed by atoms with Crippen molar-refractivity contribution in [2.75, 3.05) is 25.5 Å². The number of nitrogens with zero attached hydrogens (tertiary/aromatic N) is 3. The zero-order chi connectivity index (χ0) is 13.1. The van der Waals surface area contributed by atoms with E-state index in [1.54, 1.807) is 0 Å². The van der Waals surface area contributed by atoms with Crippen LogP contribution in [0.4, 0.5) is 5.69 Å². The fourth-order valence-corrected chi connectivity index (χ4v) is 2.71. The first-order chi connectivity index (χ1) is 9.33. The van der Waals surface area contributed by atoms with Gasteiger partial charge >= 0.3 is 0 Å². The van der Waals surface area contributed by atoms with E-state index in [9.17, 15) is 0 Å². The van der Waals surface area contributed by atoms with E-state index in [0.717, 1.165) is 17.9 Å². The van der Waals surface area contributed by atoms with Crippen LogP contribution in [0.5, 0.6) is 0 Å². The van der Waals surface area contributed by atoms with Gasteiger partial charge in [0.2, 0.25) is 0 Å². The summed E-state index contributed by atoms with van der Waals surface area (Å²) >= 11 is 0. The lowest BCUT2D eigenvalue weighted by Crippen LogP contribution is -2.39. The highest BCUT2D eigenvalue weighted by Crippen LogP contribution is 2.22. The zero-order valence-electron chi connectivity index (χ0n) is 11.3. The van der Waals surface area contributed by atoms with Gasteiger partial charge in [-0.2, -0.15) is 5.10 Å². The Hall–Kier alpha value is -1.81. The highest BCUT2D eigenvalue weighted by molar-refractivity contribution is 5.61. The molecule has 2 aromatic rings. The number of benzene rings is 1. The summed E-state index contributed by atoms with van der Waals surface area (Å²) in [5, 5.41) is 7.99. The van der Waals surface area contributed by atoms with Crippen molar-refractivity contribution in [1.82, 2.24) is 14.7 Å². The fourth-order valence-electron chi connectivity index (χ4n) is 2.71. The Labute approximate surface area is 114 Å². The van der Waals surface area contributed by atoms with E-state index >= 15 is 0 Å². The molecule has 0 saturated carbocycles. The number of rotatable bonds is 3. The molecule has 1 aromatic carbocycles. The second kappa shape index (κ2) is 5.45. The summed E-state index contributed by atoms with van der Waals surface area (Å²) in [6.45, 7) is 2.31. The first-order valence-corrected chi connectivity index (χ1v) is 6.87. The maximum atomic E-state index is 4.32. The van der Waals surface area contributed by atoms with Crippen molar-refractivity contribution in [2.45, 2.75) is 18.9 Å². The van der Waals surface area contributed by atoms with E-state index in [0.29, 0.717) is 6.04 Å². The van der Waals surface area contributed by atoms with Gasteiger partial charge in [-0.05, 0) is 44.6 Å². The molecule has 0 spiro atoms. The Kier molecular flexibility index (Phi) is 3.51. The molecule has 1 fully saturated rings. The average molecular weight is 256 g/mol. The summed E-state index contributed by atoms with van der Waals surface area (Å²) in [5.41, 5.74) is 2.27. The van der Waals surface area contributed by atoms with E-state index < -0.39 is 0 Å². The van der Waals surface area contributed by atoms with Crippen molar-refractivity contribution in [3.8, 4) is 5.69 Å². The lowest BCUT2D eigenvalue weighted by atomic mass is 10.1. The van der Waals surface area contributed by atoms with Crippen molar-refractivity contribution >= 4 is 5.69 Å². The predicted molar refractivity (Wildman–Crippen MR) is 77.7 cm³/mol. The van der Waals surface area contributed by atoms with E-state index in [1.165, 1.54) is 19.4 Å². The summed E-state index contributed by atoms with van der Waals surface area (Å²) < 4.78 is 1.91. The molecular formula is C15H20N4. The topological polar surface area (TPSA) is 33.1 Å². The Balaban J connectivity index is 1.81. The summed E-state index contributed by atoms with van der Waals surface area (Å²) in [6.07, 6.45) is 6.29. The second-order valence-electron chi connectivity index (χ2n) is 5.21. The monoisotopic (exact) mass is 256 g/mol. The first-order valence-electron chi connectivity index (χ1n) is 6.87. The fraction of sp³-hybridized carbons (Fsp3) is 0.400. The minimum absolute atomic E-state index is 0.524. The average Bonchev–Trinajstić information content (AvgIpc) is 2.93. The molecule has 1 aliphatic rings. The number of aromatic nitrogens is 2. The lowest BCUT2D eigenvalue weighted by Gasteiger charge is -2.31. The van der Waals surface area contributed by atoms with Crippen LogP contribution < -0.4 is 5.32 Å². The van der Waals surface area contributed by atoms with Gasteiger partial charge in [-0.3, -0.25) is 0 Å². The summed E-state index contributed by atoms with van der Waals surface area (Å²) in [5.74, 6) is 0. The third-order valence-corrected chi connectivity index (χ3v) is 3.64. The Morgan fingerprint density at radius 1 is 1.26 bits per heavy atom. The summed E-state index contributed by atoms with van der Waals surface area (Å²) in [6, 6.07) is 10.8. The highest BCUT2D eigenvalue weighted by atomic mass is 15.3. The van der Waals surface area contributed by atoms with Gasteiger partial charge < -0.3 is 10.2 Å². The molecule has 4 heteroatoms. The maximum Gasteiger partial charge on any atom is 0.0876 e. The number of likely N-dealkylation sites (N-methyl/N-ethyl adjacent to an activating group) is 1. The summed E-state index contributed by atoms with van der Waals surface area (Å²) in [7, 11) is 2.19. The van der Waals surface area contributed by atoms with Crippen molar-refractivity contribution in [3.63, 3.8) is 0 Å². The van der Waals surface area contributed by atoms with Crippen molar-refractivity contribution in [3.05, 3.63) is 42.7 Å². The van der Waals surface area contributed by atoms with E-state index in [1.807, 2.05) is 23.1 Å². The van der Waals surface area contributed by atoms with Crippen LogP contribution >= 0.6 is 0 Å². The smallest absolute Gasteiger partial charge is 0.0876 e. The van der Waals surface area contributed by atoms with Crippen LogP contribution in [0.25, 0.3) is 5.69 Å². The van der Waals surface area contributed by atoms with Crippen molar-refractivity contribution in [2.24, 2.45) is 0 Å². The molecule has 0 aliphatic carbocycles. The molecule has 0 amide bonds. The normalized spacial score (nSPS) is 20.4. The highest BCUT2D eigenvalue weighted by Gasteiger charge is 2.17. The molecule has 0 bridgehead atoms. The SMILES string of the molecule is CN1CCCC(Nc2ccccc2-n2cccn2)C1. The van der Waals surface area contributed by atoms with Gasteiger partial charge in [0, 0.05) is 25.0 Å². The molecule has 2 heterocycles. The third kappa shape index (κ3) is 2.79. The van der Waals surface area contributed by atoms with Crippen LogP contribution in [-0.4, -0.2) is 40.9 Å². The number of hydrogen-bond acceptors (Lipinski definition) is 3. The van der Waals surface area contributed by atoms with Crippen LogP contribution in [-0.2, 0) is 0 Å². The standard InChI is InChI=1S/C15H20N4/c1-18-10-4-6-13(12-18)17-14-7-2-3-8-15(14)19-11-5-9-16-19/h2-3,5,7-9,11,13,17H,4,6,10,12H2,1H3. The molecular weight excluding hydrogens is 236 g/mol. The van der Waals surface area contributed by atoms with Crippen molar-refractivity contribution < 1.29 is 0 Å². The molecule has 4 nitrogen and oxygen atoms in total. The van der Waals surface area contributed by atoms with Crippen LogP contribution in [0, 0.1) is 0 Å². The molecule has 1 aromatic heterocycles. The van der Waals surface area contributed by atoms with E-state index in [4.69, 9.17) is 0 Å². The number of likely N-dealkylation sites (tertiary alicyclic amines) is 1. The first kappa shape index (κ1) is 12.2. The van der Waals surface area contributed by atoms with Gasteiger partial charge in [0.05, 0.1) is 11.4 Å². The third-order valence-electron chi connectivity index (χ3n) is 3.64. The van der Waals surface area contributed by atoms with Gasteiger partial charge in [0.15, 0.2) is 0 Å². The Morgan fingerprint density at radius 2 is 2.16 bits per heavy atom. The molecule has 1 aliphatic heterocycles. The summed E-state index contributed by atoms with van der Waals surface area (Å²) in [4.78, 5) is 2.39. The van der Waals surface area contributed by atoms with E-state index in [-0.39, 0.29) is 0 Å². The molecule has 1 atom stereocenters. The van der Waals surface area contributed by atoms with Gasteiger partial charge in [0.25, 0.3) is 0 Å². The molecule has 19 heavy (non-hydrogen) atoms. The maximum absolute atomic E-state index is 4.32. The zero-order valence-corrected chi connectivity index (χ0v) is 11.3. The Morgan fingerprint density at radius 3 is 2.95 bits per heavy atom. The van der Waals surface area contributed by atoms with Crippen LogP contribution in [0.2, 0.25) is 0 Å². The predicted octanol–water partition coefficient (Wildman–Crippen LogP) is 2.38. The van der Waals surface area contributed by atoms with Crippen LogP contribution in [0.1, 0.15) is 12.8 Å². The Bertz CT molecular complexity index is 521. The number of piperidine rings is 1. The largest absolute Gasteiger partial charge is 0.379 e. The minimum atomic E-state index is 0.524. The molecule has 1 unspecified atom stereocenters. The lowest BCUT2D eigenvalue weighted by molar-refractivity contribution is 0.261. The van der Waals surface area contributed by atoms with Gasteiger partial charge in [0.1, 0.15) is 0 Å². The van der Waals surface area contributed by atoms with Gasteiger partial charge in [-0.25, -0.2) is 4.68 Å². The molecule has 1 saturated heterocycles. The van der Waals surface area contributed by atoms with Crippen LogP contribution in [0.15, 0.2) is 42.7 Å².